The van der Waals surface area contributed by atoms with Gasteiger partial charge in [0.15, 0.2) is 0 Å². The van der Waals surface area contributed by atoms with E-state index in [1.165, 1.54) is 35.0 Å². The van der Waals surface area contributed by atoms with Crippen molar-refractivity contribution in [2.75, 3.05) is 0 Å². The van der Waals surface area contributed by atoms with Crippen LogP contribution in [-0.4, -0.2) is 6.34 Å². The van der Waals surface area contributed by atoms with Gasteiger partial charge in [0.05, 0.1) is 19.6 Å². The maximum atomic E-state index is 5.34. The van der Waals surface area contributed by atoms with Crippen LogP contribution in [0.15, 0.2) is 22.6 Å². The Morgan fingerprint density at radius 3 is 3.14 bits per heavy atom. The van der Waals surface area contributed by atoms with Crippen molar-refractivity contribution in [1.29, 1.82) is 0 Å². The summed E-state index contributed by atoms with van der Waals surface area (Å²) in [7, 11) is 0. The average molecular weight is 208 g/mol. The molecule has 0 radical (unpaired) electrons. The van der Waals surface area contributed by atoms with Gasteiger partial charge < -0.3 is 10.5 Å². The predicted octanol–water partition coefficient (Wildman–Crippen LogP) is 1.85. The van der Waals surface area contributed by atoms with Crippen LogP contribution in [0, 0.1) is 0 Å². The SMILES string of the molecule is NC=NSCc1ccc2c(c1)COC2. The van der Waals surface area contributed by atoms with E-state index in [2.05, 4.69) is 22.6 Å². The van der Waals surface area contributed by atoms with E-state index < -0.39 is 0 Å². The van der Waals surface area contributed by atoms with Gasteiger partial charge in [0.2, 0.25) is 0 Å². The van der Waals surface area contributed by atoms with Crippen molar-refractivity contribution in [3.63, 3.8) is 0 Å². The number of nitrogens with zero attached hydrogens (tertiary/aromatic N) is 1. The summed E-state index contributed by atoms with van der Waals surface area (Å²) in [6.45, 7) is 1.50. The fraction of sp³-hybridized carbons (Fsp3) is 0.300. The summed E-state index contributed by atoms with van der Waals surface area (Å²) in [6, 6.07) is 6.43. The van der Waals surface area contributed by atoms with Crippen molar-refractivity contribution in [2.45, 2.75) is 19.0 Å². The van der Waals surface area contributed by atoms with E-state index in [0.717, 1.165) is 19.0 Å². The topological polar surface area (TPSA) is 47.6 Å². The van der Waals surface area contributed by atoms with E-state index in [1.54, 1.807) is 0 Å². The maximum absolute atomic E-state index is 5.34. The maximum Gasteiger partial charge on any atom is 0.0937 e. The second kappa shape index (κ2) is 4.48. The summed E-state index contributed by atoms with van der Waals surface area (Å²) in [5.74, 6) is 0.862. The summed E-state index contributed by atoms with van der Waals surface area (Å²) in [6.07, 6.45) is 1.32. The molecule has 0 fully saturated rings. The first kappa shape index (κ1) is 9.55. The van der Waals surface area contributed by atoms with Crippen molar-refractivity contribution >= 4 is 18.3 Å². The Morgan fingerprint density at radius 1 is 1.43 bits per heavy atom. The molecule has 3 nitrogen and oxygen atoms in total. The highest BCUT2D eigenvalue weighted by atomic mass is 32.2. The Morgan fingerprint density at radius 2 is 2.29 bits per heavy atom. The molecule has 1 aromatic carbocycles. The molecule has 0 bridgehead atoms. The second-order valence-corrected chi connectivity index (χ2v) is 3.88. The van der Waals surface area contributed by atoms with Crippen LogP contribution in [0.25, 0.3) is 0 Å². The Bertz CT molecular complexity index is 352. The van der Waals surface area contributed by atoms with Gasteiger partial charge in [0.1, 0.15) is 0 Å². The first-order valence-corrected chi connectivity index (χ1v) is 5.38. The number of nitrogens with two attached hydrogens (primary N) is 1. The Labute approximate surface area is 87.5 Å². The highest BCUT2D eigenvalue weighted by Gasteiger charge is 2.10. The predicted molar refractivity (Wildman–Crippen MR) is 58.9 cm³/mol. The first-order chi connectivity index (χ1) is 6.90. The van der Waals surface area contributed by atoms with Gasteiger partial charge in [0.25, 0.3) is 0 Å². The molecule has 0 atom stereocenters. The molecule has 4 heteroatoms. The molecular formula is C10H12N2OS. The number of ether oxygens (including phenoxy) is 1. The number of fused-ring (bicyclic) bond motifs is 1. The lowest BCUT2D eigenvalue weighted by atomic mass is 10.1. The quantitative estimate of drug-likeness (QED) is 0.468. The van der Waals surface area contributed by atoms with E-state index in [1.807, 2.05) is 0 Å². The van der Waals surface area contributed by atoms with Gasteiger partial charge in [-0.2, -0.15) is 0 Å². The third kappa shape index (κ3) is 2.08. The van der Waals surface area contributed by atoms with Crippen LogP contribution < -0.4 is 5.73 Å². The zero-order valence-corrected chi connectivity index (χ0v) is 8.59. The Balaban J connectivity index is 2.05. The smallest absolute Gasteiger partial charge is 0.0937 e. The lowest BCUT2D eigenvalue weighted by Gasteiger charge is -2.00. The lowest BCUT2D eigenvalue weighted by molar-refractivity contribution is 0.134. The van der Waals surface area contributed by atoms with Crippen LogP contribution in [0.1, 0.15) is 16.7 Å². The molecule has 0 aromatic heterocycles. The fourth-order valence-electron chi connectivity index (χ4n) is 1.47. The highest BCUT2D eigenvalue weighted by molar-refractivity contribution is 7.97. The van der Waals surface area contributed by atoms with Gasteiger partial charge in [0, 0.05) is 5.75 Å². The summed E-state index contributed by atoms with van der Waals surface area (Å²) in [5, 5.41) is 0. The van der Waals surface area contributed by atoms with Gasteiger partial charge >= 0.3 is 0 Å². The van der Waals surface area contributed by atoms with E-state index >= 15 is 0 Å². The number of rotatable bonds is 3. The highest BCUT2D eigenvalue weighted by Crippen LogP contribution is 2.23. The van der Waals surface area contributed by atoms with Crippen LogP contribution in [0.5, 0.6) is 0 Å². The monoisotopic (exact) mass is 208 g/mol. The summed E-state index contributed by atoms with van der Waals surface area (Å²) >= 11 is 1.46. The number of hydrogen-bond acceptors (Lipinski definition) is 3. The van der Waals surface area contributed by atoms with Gasteiger partial charge in [-0.25, -0.2) is 4.40 Å². The average Bonchev–Trinajstić information content (AvgIpc) is 2.65. The largest absolute Gasteiger partial charge is 0.389 e. The van der Waals surface area contributed by atoms with Crippen molar-refractivity contribution in [3.8, 4) is 0 Å². The van der Waals surface area contributed by atoms with Crippen LogP contribution in [0.2, 0.25) is 0 Å². The number of hydrogen-bond donors (Lipinski definition) is 1. The minimum absolute atomic E-state index is 0.744. The second-order valence-electron chi connectivity index (χ2n) is 3.12. The minimum Gasteiger partial charge on any atom is -0.389 e. The molecule has 0 amide bonds. The summed E-state index contributed by atoms with van der Waals surface area (Å²) in [5.41, 5.74) is 9.03. The zero-order valence-electron chi connectivity index (χ0n) is 7.77. The van der Waals surface area contributed by atoms with E-state index in [0.29, 0.717) is 0 Å². The minimum atomic E-state index is 0.744. The third-order valence-electron chi connectivity index (χ3n) is 2.15. The molecule has 0 spiro atoms. The van der Waals surface area contributed by atoms with Gasteiger partial charge in [-0.3, -0.25) is 0 Å². The van der Waals surface area contributed by atoms with Crippen LogP contribution >= 0.6 is 11.9 Å². The molecule has 74 valence electrons. The molecule has 0 unspecified atom stereocenters. The molecule has 2 rings (SSSR count). The molecule has 1 aromatic rings. The summed E-state index contributed by atoms with van der Waals surface area (Å²) < 4.78 is 9.24. The van der Waals surface area contributed by atoms with Crippen LogP contribution in [0.4, 0.5) is 0 Å². The van der Waals surface area contributed by atoms with Crippen molar-refractivity contribution < 1.29 is 4.74 Å². The third-order valence-corrected chi connectivity index (χ3v) is 2.89. The first-order valence-electron chi connectivity index (χ1n) is 4.44. The van der Waals surface area contributed by atoms with Gasteiger partial charge in [-0.05, 0) is 28.6 Å². The normalized spacial score (nSPS) is 14.9. The molecule has 1 aliphatic rings. The zero-order chi connectivity index (χ0) is 9.80. The van der Waals surface area contributed by atoms with Gasteiger partial charge in [-0.1, -0.05) is 18.2 Å². The molecular weight excluding hydrogens is 196 g/mol. The Kier molecular flexibility index (Phi) is 3.06. The molecule has 1 heterocycles. The molecule has 14 heavy (non-hydrogen) atoms. The number of benzene rings is 1. The molecule has 1 aliphatic heterocycles. The van der Waals surface area contributed by atoms with Crippen LogP contribution in [0.3, 0.4) is 0 Å². The van der Waals surface area contributed by atoms with Crippen molar-refractivity contribution in [1.82, 2.24) is 0 Å². The van der Waals surface area contributed by atoms with E-state index in [-0.39, 0.29) is 0 Å². The molecule has 0 aliphatic carbocycles. The van der Waals surface area contributed by atoms with Crippen LogP contribution in [-0.2, 0) is 23.7 Å². The summed E-state index contributed by atoms with van der Waals surface area (Å²) in [4.78, 5) is 0. The lowest BCUT2D eigenvalue weighted by Crippen LogP contribution is -1.88. The molecule has 2 N–H and O–H groups in total. The fourth-order valence-corrected chi connectivity index (χ4v) is 1.96. The van der Waals surface area contributed by atoms with Gasteiger partial charge in [-0.15, -0.1) is 0 Å². The van der Waals surface area contributed by atoms with E-state index in [9.17, 15) is 0 Å². The van der Waals surface area contributed by atoms with E-state index in [4.69, 9.17) is 10.5 Å². The Hall–Kier alpha value is -1.00. The standard InChI is InChI=1S/C10H12N2OS/c11-7-12-14-6-8-1-2-9-4-13-5-10(9)3-8/h1-3,7H,4-6H2,(H2,11,12). The van der Waals surface area contributed by atoms with Crippen molar-refractivity contribution in [2.24, 2.45) is 10.1 Å². The molecule has 0 saturated heterocycles. The molecule has 0 saturated carbocycles. The van der Waals surface area contributed by atoms with Crippen molar-refractivity contribution in [3.05, 3.63) is 34.9 Å².